The second-order valence-corrected chi connectivity index (χ2v) is 3.73. The topological polar surface area (TPSA) is 63.4 Å². The van der Waals surface area contributed by atoms with E-state index in [1.807, 2.05) is 0 Å². The highest BCUT2D eigenvalue weighted by Crippen LogP contribution is 2.08. The summed E-state index contributed by atoms with van der Waals surface area (Å²) in [6.07, 6.45) is 3.30. The molecule has 0 saturated carbocycles. The highest BCUT2D eigenvalue weighted by Gasteiger charge is 2.13. The summed E-state index contributed by atoms with van der Waals surface area (Å²) < 4.78 is 0. The second kappa shape index (κ2) is 6.39. The SMILES string of the molecule is C=CCN(CC=C)C(=O)c1ccc(C(N)=O)cc1. The minimum Gasteiger partial charge on any atom is -0.366 e. The van der Waals surface area contributed by atoms with Crippen LogP contribution in [-0.4, -0.2) is 29.8 Å². The van der Waals surface area contributed by atoms with E-state index in [1.54, 1.807) is 29.2 Å². The molecule has 0 saturated heterocycles. The molecule has 18 heavy (non-hydrogen) atoms. The van der Waals surface area contributed by atoms with Crippen molar-refractivity contribution in [1.82, 2.24) is 4.90 Å². The summed E-state index contributed by atoms with van der Waals surface area (Å²) in [5.41, 5.74) is 6.02. The molecule has 0 fully saturated rings. The van der Waals surface area contributed by atoms with Crippen LogP contribution >= 0.6 is 0 Å². The molecule has 0 aromatic heterocycles. The van der Waals surface area contributed by atoms with Crippen molar-refractivity contribution in [2.45, 2.75) is 0 Å². The zero-order valence-corrected chi connectivity index (χ0v) is 10.1. The molecule has 4 heteroatoms. The number of carbonyl (C=O) groups excluding carboxylic acids is 2. The number of hydrogen-bond donors (Lipinski definition) is 1. The summed E-state index contributed by atoms with van der Waals surface area (Å²) in [5, 5.41) is 0. The van der Waals surface area contributed by atoms with Gasteiger partial charge in [0, 0.05) is 24.2 Å². The van der Waals surface area contributed by atoms with Crippen LogP contribution in [0.3, 0.4) is 0 Å². The van der Waals surface area contributed by atoms with Crippen molar-refractivity contribution in [3.8, 4) is 0 Å². The van der Waals surface area contributed by atoms with E-state index in [0.29, 0.717) is 24.2 Å². The summed E-state index contributed by atoms with van der Waals surface area (Å²) in [4.78, 5) is 24.6. The Morgan fingerprint density at radius 1 is 1.06 bits per heavy atom. The Morgan fingerprint density at radius 2 is 1.50 bits per heavy atom. The molecule has 0 unspecified atom stereocenters. The predicted octanol–water partition coefficient (Wildman–Crippen LogP) is 1.60. The number of hydrogen-bond acceptors (Lipinski definition) is 2. The average molecular weight is 244 g/mol. The van der Waals surface area contributed by atoms with Gasteiger partial charge in [-0.15, -0.1) is 13.2 Å². The number of rotatable bonds is 6. The van der Waals surface area contributed by atoms with Crippen LogP contribution in [0.25, 0.3) is 0 Å². The normalized spacial score (nSPS) is 9.56. The van der Waals surface area contributed by atoms with Crippen molar-refractivity contribution < 1.29 is 9.59 Å². The Bertz CT molecular complexity index is 453. The van der Waals surface area contributed by atoms with E-state index in [1.165, 1.54) is 12.1 Å². The molecular weight excluding hydrogens is 228 g/mol. The molecule has 2 N–H and O–H groups in total. The summed E-state index contributed by atoms with van der Waals surface area (Å²) in [6, 6.07) is 6.24. The standard InChI is InChI=1S/C14H16N2O2/c1-3-9-16(10-4-2)14(18)12-7-5-11(6-8-12)13(15)17/h3-8H,1-2,9-10H2,(H2,15,17). The van der Waals surface area contributed by atoms with Crippen molar-refractivity contribution in [3.05, 3.63) is 60.7 Å². The highest BCUT2D eigenvalue weighted by atomic mass is 16.2. The monoisotopic (exact) mass is 244 g/mol. The fourth-order valence-corrected chi connectivity index (χ4v) is 1.51. The summed E-state index contributed by atoms with van der Waals surface area (Å²) >= 11 is 0. The molecule has 4 nitrogen and oxygen atoms in total. The van der Waals surface area contributed by atoms with E-state index in [9.17, 15) is 9.59 Å². The van der Waals surface area contributed by atoms with Gasteiger partial charge in [0.25, 0.3) is 5.91 Å². The highest BCUT2D eigenvalue weighted by molar-refractivity contribution is 5.97. The van der Waals surface area contributed by atoms with E-state index in [-0.39, 0.29) is 5.91 Å². The third-order valence-corrected chi connectivity index (χ3v) is 2.40. The van der Waals surface area contributed by atoms with Gasteiger partial charge in [-0.05, 0) is 24.3 Å². The molecule has 1 rings (SSSR count). The molecule has 94 valence electrons. The van der Waals surface area contributed by atoms with Gasteiger partial charge < -0.3 is 10.6 Å². The van der Waals surface area contributed by atoms with E-state index in [0.717, 1.165) is 0 Å². The van der Waals surface area contributed by atoms with Gasteiger partial charge in [0.05, 0.1) is 0 Å². The maximum Gasteiger partial charge on any atom is 0.254 e. The van der Waals surface area contributed by atoms with Crippen LogP contribution in [0.15, 0.2) is 49.6 Å². The van der Waals surface area contributed by atoms with Gasteiger partial charge in [-0.2, -0.15) is 0 Å². The van der Waals surface area contributed by atoms with Gasteiger partial charge in [-0.25, -0.2) is 0 Å². The van der Waals surface area contributed by atoms with Gasteiger partial charge in [0.15, 0.2) is 0 Å². The van der Waals surface area contributed by atoms with Crippen molar-refractivity contribution in [2.24, 2.45) is 5.73 Å². The Labute approximate surface area is 106 Å². The molecule has 1 aromatic rings. The first-order chi connectivity index (χ1) is 8.60. The molecule has 0 spiro atoms. The van der Waals surface area contributed by atoms with Crippen LogP contribution in [0.5, 0.6) is 0 Å². The fraction of sp³-hybridized carbons (Fsp3) is 0.143. The van der Waals surface area contributed by atoms with Crippen LogP contribution in [0.4, 0.5) is 0 Å². The van der Waals surface area contributed by atoms with Gasteiger partial charge in [0.2, 0.25) is 5.91 Å². The molecule has 0 aliphatic rings. The van der Waals surface area contributed by atoms with Gasteiger partial charge in [-0.1, -0.05) is 12.2 Å². The van der Waals surface area contributed by atoms with E-state index in [4.69, 9.17) is 5.73 Å². The van der Waals surface area contributed by atoms with Crippen molar-refractivity contribution >= 4 is 11.8 Å². The van der Waals surface area contributed by atoms with Crippen LogP contribution < -0.4 is 5.73 Å². The summed E-state index contributed by atoms with van der Waals surface area (Å²) in [6.45, 7) is 8.11. The minimum absolute atomic E-state index is 0.133. The number of carbonyl (C=O) groups is 2. The first-order valence-corrected chi connectivity index (χ1v) is 5.51. The largest absolute Gasteiger partial charge is 0.366 e. The third kappa shape index (κ3) is 3.31. The van der Waals surface area contributed by atoms with Crippen LogP contribution in [0, 0.1) is 0 Å². The Kier molecular flexibility index (Phi) is 4.87. The van der Waals surface area contributed by atoms with Crippen LogP contribution in [-0.2, 0) is 0 Å². The smallest absolute Gasteiger partial charge is 0.254 e. The van der Waals surface area contributed by atoms with Gasteiger partial charge >= 0.3 is 0 Å². The van der Waals surface area contributed by atoms with Gasteiger partial charge in [-0.3, -0.25) is 9.59 Å². The Morgan fingerprint density at radius 3 is 1.89 bits per heavy atom. The molecule has 0 aliphatic carbocycles. The molecule has 0 atom stereocenters. The van der Waals surface area contributed by atoms with Crippen molar-refractivity contribution in [1.29, 1.82) is 0 Å². The maximum atomic E-state index is 12.1. The number of nitrogens with zero attached hydrogens (tertiary/aromatic N) is 1. The molecule has 0 aliphatic heterocycles. The zero-order valence-electron chi connectivity index (χ0n) is 10.1. The fourth-order valence-electron chi connectivity index (χ4n) is 1.51. The van der Waals surface area contributed by atoms with E-state index in [2.05, 4.69) is 13.2 Å². The third-order valence-electron chi connectivity index (χ3n) is 2.40. The van der Waals surface area contributed by atoms with Gasteiger partial charge in [0.1, 0.15) is 0 Å². The number of amides is 2. The van der Waals surface area contributed by atoms with E-state index >= 15 is 0 Å². The lowest BCUT2D eigenvalue weighted by atomic mass is 10.1. The summed E-state index contributed by atoms with van der Waals surface area (Å²) in [7, 11) is 0. The second-order valence-electron chi connectivity index (χ2n) is 3.73. The molecule has 0 heterocycles. The van der Waals surface area contributed by atoms with Crippen LogP contribution in [0.1, 0.15) is 20.7 Å². The van der Waals surface area contributed by atoms with Crippen molar-refractivity contribution in [3.63, 3.8) is 0 Å². The summed E-state index contributed by atoms with van der Waals surface area (Å²) in [5.74, 6) is -0.645. The quantitative estimate of drug-likeness (QED) is 0.772. The molecule has 0 radical (unpaired) electrons. The average Bonchev–Trinajstić information content (AvgIpc) is 2.38. The number of primary amides is 1. The molecule has 2 amide bonds. The first kappa shape index (κ1) is 13.7. The Balaban J connectivity index is 2.90. The first-order valence-electron chi connectivity index (χ1n) is 5.51. The minimum atomic E-state index is -0.511. The lowest BCUT2D eigenvalue weighted by Gasteiger charge is -2.19. The van der Waals surface area contributed by atoms with E-state index < -0.39 is 5.91 Å². The maximum absolute atomic E-state index is 12.1. The number of nitrogens with two attached hydrogens (primary N) is 1. The molecule has 1 aromatic carbocycles. The molecule has 0 bridgehead atoms. The predicted molar refractivity (Wildman–Crippen MR) is 71.3 cm³/mol. The zero-order chi connectivity index (χ0) is 13.5. The van der Waals surface area contributed by atoms with Crippen LogP contribution in [0.2, 0.25) is 0 Å². The lowest BCUT2D eigenvalue weighted by Crippen LogP contribution is -2.31. The molecular formula is C14H16N2O2. The number of benzene rings is 1. The Hall–Kier alpha value is -2.36. The lowest BCUT2D eigenvalue weighted by molar-refractivity contribution is 0.0790. The van der Waals surface area contributed by atoms with Crippen molar-refractivity contribution in [2.75, 3.05) is 13.1 Å².